The summed E-state index contributed by atoms with van der Waals surface area (Å²) in [5.74, 6) is 0.394. The van der Waals surface area contributed by atoms with Gasteiger partial charge in [0.15, 0.2) is 5.82 Å². The van der Waals surface area contributed by atoms with Crippen LogP contribution >= 0.6 is 0 Å². The molecule has 0 aromatic carbocycles. The summed E-state index contributed by atoms with van der Waals surface area (Å²) >= 11 is 0. The van der Waals surface area contributed by atoms with E-state index >= 15 is 0 Å². The van der Waals surface area contributed by atoms with Crippen molar-refractivity contribution < 1.29 is 0 Å². The summed E-state index contributed by atoms with van der Waals surface area (Å²) in [4.78, 5) is 18.0. The minimum atomic E-state index is -0.120. The van der Waals surface area contributed by atoms with E-state index in [4.69, 9.17) is 11.1 Å². The minimum absolute atomic E-state index is 0.0953. The number of nitrogens with two attached hydrogens (primary N) is 1. The number of aromatic nitrogens is 2. The fourth-order valence-corrected chi connectivity index (χ4v) is 1.68. The average molecular weight is 251 g/mol. The highest BCUT2D eigenvalue weighted by Gasteiger charge is 2.15. The van der Waals surface area contributed by atoms with Crippen LogP contribution in [0.15, 0.2) is 17.2 Å². The first-order valence-corrected chi connectivity index (χ1v) is 5.96. The second-order valence-electron chi connectivity index (χ2n) is 4.79. The number of anilines is 1. The van der Waals surface area contributed by atoms with Gasteiger partial charge in [-0.3, -0.25) is 10.2 Å². The number of rotatable bonds is 5. The summed E-state index contributed by atoms with van der Waals surface area (Å²) < 4.78 is 1.64. The van der Waals surface area contributed by atoms with Crippen molar-refractivity contribution in [3.8, 4) is 0 Å². The van der Waals surface area contributed by atoms with Crippen LogP contribution in [0, 0.1) is 11.3 Å². The molecule has 1 unspecified atom stereocenters. The van der Waals surface area contributed by atoms with Crippen LogP contribution in [0.5, 0.6) is 0 Å². The van der Waals surface area contributed by atoms with Crippen molar-refractivity contribution >= 4 is 11.7 Å². The van der Waals surface area contributed by atoms with Gasteiger partial charge in [0.25, 0.3) is 5.56 Å². The van der Waals surface area contributed by atoms with Crippen LogP contribution in [0.4, 0.5) is 5.82 Å². The van der Waals surface area contributed by atoms with Gasteiger partial charge in [-0.15, -0.1) is 0 Å². The van der Waals surface area contributed by atoms with Gasteiger partial charge in [0.05, 0.1) is 5.84 Å². The smallest absolute Gasteiger partial charge is 0.293 e. The highest BCUT2D eigenvalue weighted by molar-refractivity contribution is 5.79. The maximum atomic E-state index is 12.2. The SMILES string of the molecule is CC(CN(C)c1nccn(C(C)C)c1=O)C(=N)N. The van der Waals surface area contributed by atoms with E-state index in [1.54, 1.807) is 28.9 Å². The molecule has 0 bridgehead atoms. The highest BCUT2D eigenvalue weighted by Crippen LogP contribution is 2.07. The van der Waals surface area contributed by atoms with Gasteiger partial charge in [-0.2, -0.15) is 0 Å². The van der Waals surface area contributed by atoms with Crippen LogP contribution in [0.1, 0.15) is 26.8 Å². The summed E-state index contributed by atoms with van der Waals surface area (Å²) in [6.45, 7) is 6.25. The Hall–Kier alpha value is -1.85. The van der Waals surface area contributed by atoms with Crippen LogP contribution in [0.2, 0.25) is 0 Å². The van der Waals surface area contributed by atoms with Crippen LogP contribution in [-0.4, -0.2) is 29.0 Å². The van der Waals surface area contributed by atoms with E-state index in [-0.39, 0.29) is 23.4 Å². The van der Waals surface area contributed by atoms with E-state index in [1.807, 2.05) is 20.8 Å². The third-order valence-electron chi connectivity index (χ3n) is 2.85. The van der Waals surface area contributed by atoms with Gasteiger partial charge < -0.3 is 15.2 Å². The molecule has 0 aliphatic carbocycles. The van der Waals surface area contributed by atoms with Gasteiger partial charge in [0.1, 0.15) is 0 Å². The zero-order valence-electron chi connectivity index (χ0n) is 11.3. The molecule has 0 aliphatic rings. The molecule has 6 heteroatoms. The molecule has 0 radical (unpaired) electrons. The molecule has 6 nitrogen and oxygen atoms in total. The molecule has 0 aliphatic heterocycles. The Labute approximate surface area is 107 Å². The standard InChI is InChI=1S/C12H21N5O/c1-8(2)17-6-5-15-11(12(17)18)16(4)7-9(3)10(13)14/h5-6,8-9H,7H2,1-4H3,(H3,13,14). The van der Waals surface area contributed by atoms with Gasteiger partial charge in [-0.05, 0) is 13.8 Å². The highest BCUT2D eigenvalue weighted by atomic mass is 16.1. The Balaban J connectivity index is 3.00. The maximum Gasteiger partial charge on any atom is 0.293 e. The number of amidine groups is 1. The molecule has 0 amide bonds. The molecule has 1 heterocycles. The fourth-order valence-electron chi connectivity index (χ4n) is 1.68. The average Bonchev–Trinajstić information content (AvgIpc) is 2.28. The summed E-state index contributed by atoms with van der Waals surface area (Å²) in [5, 5.41) is 7.37. The van der Waals surface area contributed by atoms with Crippen molar-refractivity contribution in [2.75, 3.05) is 18.5 Å². The van der Waals surface area contributed by atoms with Crippen molar-refractivity contribution in [2.24, 2.45) is 11.7 Å². The number of hydrogen-bond acceptors (Lipinski definition) is 4. The largest absolute Gasteiger partial charge is 0.387 e. The minimum Gasteiger partial charge on any atom is -0.387 e. The molecular formula is C12H21N5O. The van der Waals surface area contributed by atoms with Gasteiger partial charge >= 0.3 is 0 Å². The van der Waals surface area contributed by atoms with Crippen LogP contribution in [-0.2, 0) is 0 Å². The Morgan fingerprint density at radius 3 is 2.67 bits per heavy atom. The first-order chi connectivity index (χ1) is 8.34. The molecule has 1 rings (SSSR count). The predicted molar refractivity (Wildman–Crippen MR) is 73.2 cm³/mol. The topological polar surface area (TPSA) is 88.0 Å². The monoisotopic (exact) mass is 251 g/mol. The van der Waals surface area contributed by atoms with Crippen molar-refractivity contribution in [1.29, 1.82) is 5.41 Å². The molecule has 0 saturated carbocycles. The number of hydrogen-bond donors (Lipinski definition) is 2. The summed E-state index contributed by atoms with van der Waals surface area (Å²) in [6.07, 6.45) is 3.30. The van der Waals surface area contributed by atoms with Crippen molar-refractivity contribution in [3.63, 3.8) is 0 Å². The molecule has 100 valence electrons. The normalized spacial score (nSPS) is 12.5. The lowest BCUT2D eigenvalue weighted by molar-refractivity contribution is 0.571. The zero-order valence-corrected chi connectivity index (χ0v) is 11.3. The third-order valence-corrected chi connectivity index (χ3v) is 2.85. The summed E-state index contributed by atoms with van der Waals surface area (Å²) in [5.41, 5.74) is 5.31. The van der Waals surface area contributed by atoms with E-state index in [0.29, 0.717) is 12.4 Å². The fraction of sp³-hybridized carbons (Fsp3) is 0.583. The van der Waals surface area contributed by atoms with Crippen molar-refractivity contribution in [1.82, 2.24) is 9.55 Å². The zero-order chi connectivity index (χ0) is 13.9. The molecule has 1 atom stereocenters. The van der Waals surface area contributed by atoms with E-state index in [2.05, 4.69) is 4.98 Å². The van der Waals surface area contributed by atoms with E-state index in [0.717, 1.165) is 0 Å². The van der Waals surface area contributed by atoms with Gasteiger partial charge in [-0.25, -0.2) is 4.98 Å². The van der Waals surface area contributed by atoms with E-state index in [9.17, 15) is 4.79 Å². The van der Waals surface area contributed by atoms with Crippen molar-refractivity contribution in [3.05, 3.63) is 22.7 Å². The second-order valence-corrected chi connectivity index (χ2v) is 4.79. The molecule has 0 saturated heterocycles. The molecule has 18 heavy (non-hydrogen) atoms. The molecule has 3 N–H and O–H groups in total. The van der Waals surface area contributed by atoms with Gasteiger partial charge in [0, 0.05) is 37.9 Å². The Bertz CT molecular complexity index is 480. The first kappa shape index (κ1) is 14.2. The Kier molecular flexibility index (Phi) is 4.47. The summed E-state index contributed by atoms with van der Waals surface area (Å²) in [7, 11) is 1.79. The molecule has 1 aromatic rings. The third kappa shape index (κ3) is 3.09. The summed E-state index contributed by atoms with van der Waals surface area (Å²) in [6, 6.07) is 0.0953. The Morgan fingerprint density at radius 1 is 1.56 bits per heavy atom. The maximum absolute atomic E-state index is 12.2. The van der Waals surface area contributed by atoms with Gasteiger partial charge in [0.2, 0.25) is 0 Å². The van der Waals surface area contributed by atoms with E-state index in [1.165, 1.54) is 0 Å². The van der Waals surface area contributed by atoms with Crippen LogP contribution in [0.25, 0.3) is 0 Å². The Morgan fingerprint density at radius 2 is 2.17 bits per heavy atom. The van der Waals surface area contributed by atoms with Gasteiger partial charge in [-0.1, -0.05) is 6.92 Å². The molecule has 0 spiro atoms. The first-order valence-electron chi connectivity index (χ1n) is 5.96. The number of nitrogens with one attached hydrogen (secondary N) is 1. The van der Waals surface area contributed by atoms with Crippen molar-refractivity contribution in [2.45, 2.75) is 26.8 Å². The van der Waals surface area contributed by atoms with E-state index < -0.39 is 0 Å². The lowest BCUT2D eigenvalue weighted by atomic mass is 10.1. The lowest BCUT2D eigenvalue weighted by Crippen LogP contribution is -2.37. The number of nitrogens with zero attached hydrogens (tertiary/aromatic N) is 3. The van der Waals surface area contributed by atoms with Crippen LogP contribution in [0.3, 0.4) is 0 Å². The molecule has 1 aromatic heterocycles. The van der Waals surface area contributed by atoms with Crippen LogP contribution < -0.4 is 16.2 Å². The second kappa shape index (κ2) is 5.66. The quantitative estimate of drug-likeness (QED) is 0.599. The molecular weight excluding hydrogens is 230 g/mol. The lowest BCUT2D eigenvalue weighted by Gasteiger charge is -2.22. The predicted octanol–water partition coefficient (Wildman–Crippen LogP) is 0.832. The molecule has 0 fully saturated rings.